The van der Waals surface area contributed by atoms with E-state index >= 15 is 0 Å². The first-order valence-electron chi connectivity index (χ1n) is 9.87. The number of anilines is 1. The summed E-state index contributed by atoms with van der Waals surface area (Å²) in [5.41, 5.74) is 1.63. The first-order chi connectivity index (χ1) is 14.3. The zero-order valence-corrected chi connectivity index (χ0v) is 18.4. The fraction of sp³-hybridized carbons (Fsp3) is 0.409. The van der Waals surface area contributed by atoms with Crippen molar-refractivity contribution in [3.63, 3.8) is 0 Å². The third-order valence-electron chi connectivity index (χ3n) is 4.04. The molecule has 0 radical (unpaired) electrons. The van der Waals surface area contributed by atoms with Gasteiger partial charge >= 0.3 is 0 Å². The number of ether oxygens (including phenoxy) is 2. The SMILES string of the molecule is Cc1ccc(S(=O)(=O)OCCOc2ccc(NC(=O)CCCOC(C)C)cc2)cc1. The topological polar surface area (TPSA) is 90.9 Å². The number of rotatable bonds is 12. The Morgan fingerprint density at radius 3 is 2.27 bits per heavy atom. The summed E-state index contributed by atoms with van der Waals surface area (Å²) in [5.74, 6) is 0.473. The van der Waals surface area contributed by atoms with Crippen molar-refractivity contribution < 1.29 is 26.9 Å². The van der Waals surface area contributed by atoms with Crippen molar-refractivity contribution in [2.75, 3.05) is 25.1 Å². The lowest BCUT2D eigenvalue weighted by Gasteiger charge is -2.10. The molecule has 0 saturated carbocycles. The molecule has 30 heavy (non-hydrogen) atoms. The molecule has 7 nitrogen and oxygen atoms in total. The minimum Gasteiger partial charge on any atom is -0.491 e. The maximum absolute atomic E-state index is 12.1. The second-order valence-electron chi connectivity index (χ2n) is 7.03. The molecule has 0 spiro atoms. The van der Waals surface area contributed by atoms with Crippen molar-refractivity contribution >= 4 is 21.7 Å². The van der Waals surface area contributed by atoms with Gasteiger partial charge in [-0.2, -0.15) is 8.42 Å². The summed E-state index contributed by atoms with van der Waals surface area (Å²) in [6.45, 7) is 6.32. The van der Waals surface area contributed by atoms with Crippen LogP contribution in [0.25, 0.3) is 0 Å². The summed E-state index contributed by atoms with van der Waals surface area (Å²) < 4.78 is 40.1. The average molecular weight is 436 g/mol. The summed E-state index contributed by atoms with van der Waals surface area (Å²) in [6.07, 6.45) is 1.21. The van der Waals surface area contributed by atoms with Gasteiger partial charge < -0.3 is 14.8 Å². The van der Waals surface area contributed by atoms with Crippen LogP contribution in [0, 0.1) is 6.92 Å². The molecular weight excluding hydrogens is 406 g/mol. The highest BCUT2D eigenvalue weighted by Gasteiger charge is 2.14. The van der Waals surface area contributed by atoms with Crippen LogP contribution < -0.4 is 10.1 Å². The van der Waals surface area contributed by atoms with Crippen molar-refractivity contribution in [3.05, 3.63) is 54.1 Å². The quantitative estimate of drug-likeness (QED) is 0.401. The van der Waals surface area contributed by atoms with E-state index in [-0.39, 0.29) is 30.1 Å². The second kappa shape index (κ2) is 11.7. The molecule has 0 atom stereocenters. The van der Waals surface area contributed by atoms with E-state index in [9.17, 15) is 13.2 Å². The van der Waals surface area contributed by atoms with Crippen molar-refractivity contribution in [1.82, 2.24) is 0 Å². The molecule has 0 unspecified atom stereocenters. The Morgan fingerprint density at radius 1 is 0.967 bits per heavy atom. The number of carbonyl (C=O) groups excluding carboxylic acids is 1. The average Bonchev–Trinajstić information content (AvgIpc) is 2.70. The van der Waals surface area contributed by atoms with E-state index in [1.54, 1.807) is 36.4 Å². The Labute approximate surface area is 178 Å². The number of nitrogens with one attached hydrogen (secondary N) is 1. The van der Waals surface area contributed by atoms with Gasteiger partial charge in [0.2, 0.25) is 5.91 Å². The zero-order valence-electron chi connectivity index (χ0n) is 17.6. The van der Waals surface area contributed by atoms with E-state index in [0.717, 1.165) is 5.56 Å². The van der Waals surface area contributed by atoms with Crippen LogP contribution in [0.1, 0.15) is 32.3 Å². The molecule has 0 aromatic heterocycles. The van der Waals surface area contributed by atoms with Crippen LogP contribution in [0.4, 0.5) is 5.69 Å². The van der Waals surface area contributed by atoms with E-state index < -0.39 is 10.1 Å². The minimum absolute atomic E-state index is 0.0760. The van der Waals surface area contributed by atoms with Gasteiger partial charge in [-0.1, -0.05) is 17.7 Å². The van der Waals surface area contributed by atoms with Crippen molar-refractivity contribution in [2.45, 2.75) is 44.6 Å². The predicted octanol–water partition coefficient (Wildman–Crippen LogP) is 3.92. The van der Waals surface area contributed by atoms with Crippen molar-refractivity contribution in [2.24, 2.45) is 0 Å². The molecule has 2 aromatic rings. The molecule has 1 N–H and O–H groups in total. The highest BCUT2D eigenvalue weighted by Crippen LogP contribution is 2.17. The van der Waals surface area contributed by atoms with Crippen LogP contribution in [0.3, 0.4) is 0 Å². The number of hydrogen-bond donors (Lipinski definition) is 1. The molecule has 0 aliphatic heterocycles. The maximum atomic E-state index is 12.1. The molecular formula is C22H29NO6S. The highest BCUT2D eigenvalue weighted by molar-refractivity contribution is 7.86. The summed E-state index contributed by atoms with van der Waals surface area (Å²) in [6, 6.07) is 13.3. The van der Waals surface area contributed by atoms with E-state index in [1.165, 1.54) is 12.1 Å². The van der Waals surface area contributed by atoms with Crippen LogP contribution in [0.5, 0.6) is 5.75 Å². The van der Waals surface area contributed by atoms with Gasteiger partial charge in [0, 0.05) is 18.7 Å². The summed E-state index contributed by atoms with van der Waals surface area (Å²) in [4.78, 5) is 12.0. The lowest BCUT2D eigenvalue weighted by atomic mass is 10.2. The van der Waals surface area contributed by atoms with Crippen LogP contribution in [-0.2, 0) is 23.8 Å². The molecule has 1 amide bonds. The molecule has 0 bridgehead atoms. The molecule has 164 valence electrons. The molecule has 2 rings (SSSR count). The smallest absolute Gasteiger partial charge is 0.297 e. The van der Waals surface area contributed by atoms with Gasteiger partial charge in [-0.3, -0.25) is 8.98 Å². The van der Waals surface area contributed by atoms with E-state index in [2.05, 4.69) is 5.32 Å². The lowest BCUT2D eigenvalue weighted by molar-refractivity contribution is -0.116. The molecule has 0 fully saturated rings. The molecule has 0 heterocycles. The minimum atomic E-state index is -3.80. The first kappa shape index (κ1) is 23.9. The van der Waals surface area contributed by atoms with E-state index in [0.29, 0.717) is 30.9 Å². The zero-order chi connectivity index (χ0) is 22.0. The first-order valence-corrected chi connectivity index (χ1v) is 11.3. The van der Waals surface area contributed by atoms with Gasteiger partial charge in [-0.25, -0.2) is 0 Å². The lowest BCUT2D eigenvalue weighted by Crippen LogP contribution is -2.14. The van der Waals surface area contributed by atoms with Crippen LogP contribution in [-0.4, -0.2) is 40.2 Å². The Balaban J connectivity index is 1.70. The fourth-order valence-electron chi connectivity index (χ4n) is 2.49. The number of hydrogen-bond acceptors (Lipinski definition) is 6. The van der Waals surface area contributed by atoms with Gasteiger partial charge in [-0.15, -0.1) is 0 Å². The van der Waals surface area contributed by atoms with Gasteiger partial charge in [0.1, 0.15) is 19.0 Å². The Hall–Kier alpha value is -2.42. The predicted molar refractivity (Wildman–Crippen MR) is 115 cm³/mol. The normalized spacial score (nSPS) is 11.5. The molecule has 2 aromatic carbocycles. The second-order valence-corrected chi connectivity index (χ2v) is 8.65. The standard InChI is InChI=1S/C22H29NO6S/c1-17(2)27-14-4-5-22(24)23-19-8-10-20(11-9-19)28-15-16-29-30(25,26)21-12-6-18(3)7-13-21/h6-13,17H,4-5,14-16H2,1-3H3,(H,23,24). The van der Waals surface area contributed by atoms with E-state index in [4.69, 9.17) is 13.7 Å². The summed E-state index contributed by atoms with van der Waals surface area (Å²) >= 11 is 0. The summed E-state index contributed by atoms with van der Waals surface area (Å²) in [5, 5.41) is 2.81. The third-order valence-corrected chi connectivity index (χ3v) is 5.36. The Kier molecular flexibility index (Phi) is 9.29. The Morgan fingerprint density at radius 2 is 1.63 bits per heavy atom. The van der Waals surface area contributed by atoms with Gasteiger partial charge in [0.25, 0.3) is 10.1 Å². The molecule has 0 aliphatic carbocycles. The highest BCUT2D eigenvalue weighted by atomic mass is 32.2. The molecule has 0 aliphatic rings. The van der Waals surface area contributed by atoms with Crippen molar-refractivity contribution in [1.29, 1.82) is 0 Å². The monoisotopic (exact) mass is 435 g/mol. The van der Waals surface area contributed by atoms with E-state index in [1.807, 2.05) is 20.8 Å². The van der Waals surface area contributed by atoms with Crippen LogP contribution in [0.2, 0.25) is 0 Å². The Bertz CT molecular complexity index is 892. The third kappa shape index (κ3) is 8.52. The maximum Gasteiger partial charge on any atom is 0.297 e. The number of aryl methyl sites for hydroxylation is 1. The number of amides is 1. The molecule has 0 saturated heterocycles. The number of carbonyl (C=O) groups is 1. The van der Waals surface area contributed by atoms with Gasteiger partial charge in [-0.05, 0) is 63.6 Å². The van der Waals surface area contributed by atoms with Gasteiger partial charge in [0.05, 0.1) is 11.0 Å². The fourth-order valence-corrected chi connectivity index (χ4v) is 3.38. The van der Waals surface area contributed by atoms with Crippen LogP contribution in [0.15, 0.2) is 53.4 Å². The summed E-state index contributed by atoms with van der Waals surface area (Å²) in [7, 11) is -3.80. The largest absolute Gasteiger partial charge is 0.491 e. The number of benzene rings is 2. The molecule has 8 heteroatoms. The van der Waals surface area contributed by atoms with Crippen LogP contribution >= 0.6 is 0 Å². The van der Waals surface area contributed by atoms with Gasteiger partial charge in [0.15, 0.2) is 0 Å². The van der Waals surface area contributed by atoms with Crippen molar-refractivity contribution in [3.8, 4) is 5.75 Å².